The monoisotopic (exact) mass is 282 g/mol. The van der Waals surface area contributed by atoms with Gasteiger partial charge in [0.1, 0.15) is 0 Å². The Morgan fingerprint density at radius 3 is 2.35 bits per heavy atom. The largest absolute Gasteiger partial charge is 0.358 e. The number of carbonyl (C=O) groups is 1. The van der Waals surface area contributed by atoms with Crippen molar-refractivity contribution in [2.45, 2.75) is 31.7 Å². The maximum atomic E-state index is 11.3. The molecule has 2 N–H and O–H groups in total. The highest BCUT2D eigenvalue weighted by Crippen LogP contribution is 2.16. The summed E-state index contributed by atoms with van der Waals surface area (Å²) in [5.41, 5.74) is 0. The van der Waals surface area contributed by atoms with Gasteiger partial charge in [0.25, 0.3) is 0 Å². The summed E-state index contributed by atoms with van der Waals surface area (Å²) in [7, 11) is 3.92. The highest BCUT2D eigenvalue weighted by atomic mass is 16.1. The average molecular weight is 282 g/mol. The van der Waals surface area contributed by atoms with Crippen molar-refractivity contribution in [3.05, 3.63) is 0 Å². The number of rotatable bonds is 5. The zero-order chi connectivity index (χ0) is 14.4. The number of hydrogen-bond donors (Lipinski definition) is 2. The average Bonchev–Trinajstić information content (AvgIpc) is 2.48. The number of likely N-dealkylation sites (N-methyl/N-ethyl adjacent to an activating group) is 1. The number of piperidine rings is 2. The Bertz CT molecular complexity index is 294. The summed E-state index contributed by atoms with van der Waals surface area (Å²) < 4.78 is 0. The van der Waals surface area contributed by atoms with Gasteiger partial charge in [-0.15, -0.1) is 0 Å². The van der Waals surface area contributed by atoms with Crippen LogP contribution in [0.5, 0.6) is 0 Å². The number of nitrogens with zero attached hydrogens (tertiary/aromatic N) is 2. The summed E-state index contributed by atoms with van der Waals surface area (Å²) in [5.74, 6) is 0.984. The van der Waals surface area contributed by atoms with Crippen LogP contribution in [0.1, 0.15) is 25.7 Å². The molecule has 2 aliphatic rings. The van der Waals surface area contributed by atoms with Crippen molar-refractivity contribution in [2.75, 3.05) is 53.4 Å². The zero-order valence-electron chi connectivity index (χ0n) is 13.0. The van der Waals surface area contributed by atoms with Crippen molar-refractivity contribution in [3.8, 4) is 0 Å². The minimum absolute atomic E-state index is 0.128. The van der Waals surface area contributed by atoms with E-state index in [2.05, 4.69) is 27.5 Å². The maximum absolute atomic E-state index is 11.3. The van der Waals surface area contributed by atoms with Crippen LogP contribution < -0.4 is 10.6 Å². The number of carbonyl (C=O) groups excluding carboxylic acids is 1. The second-order valence-corrected chi connectivity index (χ2v) is 6.38. The molecule has 0 radical (unpaired) electrons. The predicted molar refractivity (Wildman–Crippen MR) is 81.8 cm³/mol. The van der Waals surface area contributed by atoms with Gasteiger partial charge >= 0.3 is 0 Å². The molecule has 1 amide bonds. The molecule has 0 aliphatic carbocycles. The number of amides is 1. The molecule has 0 atom stereocenters. The first kappa shape index (κ1) is 15.7. The number of hydrogen-bond acceptors (Lipinski definition) is 4. The molecule has 2 fully saturated rings. The second kappa shape index (κ2) is 7.96. The smallest absolute Gasteiger partial charge is 0.233 e. The molecule has 0 bridgehead atoms. The molecule has 2 saturated heterocycles. The van der Waals surface area contributed by atoms with E-state index in [1.807, 2.05) is 0 Å². The SMILES string of the molecule is CNC(=O)CN1CCC(NCC2CCN(C)CC2)CC1. The van der Waals surface area contributed by atoms with Crippen LogP contribution in [0, 0.1) is 5.92 Å². The lowest BCUT2D eigenvalue weighted by atomic mass is 9.96. The van der Waals surface area contributed by atoms with Gasteiger partial charge in [0.15, 0.2) is 0 Å². The molecule has 0 saturated carbocycles. The topological polar surface area (TPSA) is 47.6 Å². The molecule has 116 valence electrons. The van der Waals surface area contributed by atoms with Crippen LogP contribution in [0.25, 0.3) is 0 Å². The van der Waals surface area contributed by atoms with Gasteiger partial charge in [0.05, 0.1) is 6.54 Å². The van der Waals surface area contributed by atoms with Crippen LogP contribution in [-0.4, -0.2) is 75.1 Å². The summed E-state index contributed by atoms with van der Waals surface area (Å²) in [6.07, 6.45) is 5.01. The van der Waals surface area contributed by atoms with E-state index >= 15 is 0 Å². The molecule has 0 aromatic rings. The van der Waals surface area contributed by atoms with E-state index in [9.17, 15) is 4.79 Å². The molecule has 20 heavy (non-hydrogen) atoms. The lowest BCUT2D eigenvalue weighted by Gasteiger charge is -2.34. The Labute approximate surface area is 123 Å². The van der Waals surface area contributed by atoms with Crippen molar-refractivity contribution in [3.63, 3.8) is 0 Å². The first-order valence-electron chi connectivity index (χ1n) is 8.02. The van der Waals surface area contributed by atoms with Crippen molar-refractivity contribution in [2.24, 2.45) is 5.92 Å². The van der Waals surface area contributed by atoms with Crippen molar-refractivity contribution < 1.29 is 4.79 Å². The van der Waals surface area contributed by atoms with E-state index < -0.39 is 0 Å². The fourth-order valence-electron chi connectivity index (χ4n) is 3.18. The third-order valence-electron chi connectivity index (χ3n) is 4.77. The molecule has 0 aromatic carbocycles. The first-order valence-corrected chi connectivity index (χ1v) is 8.02. The van der Waals surface area contributed by atoms with Crippen LogP contribution in [-0.2, 0) is 4.79 Å². The Morgan fingerprint density at radius 1 is 1.10 bits per heavy atom. The van der Waals surface area contributed by atoms with Crippen molar-refractivity contribution in [1.82, 2.24) is 20.4 Å². The van der Waals surface area contributed by atoms with Crippen LogP contribution in [0.15, 0.2) is 0 Å². The Morgan fingerprint density at radius 2 is 1.75 bits per heavy atom. The van der Waals surface area contributed by atoms with Gasteiger partial charge in [-0.3, -0.25) is 9.69 Å². The Kier molecular flexibility index (Phi) is 6.26. The normalized spacial score (nSPS) is 23.9. The zero-order valence-corrected chi connectivity index (χ0v) is 13.0. The third-order valence-corrected chi connectivity index (χ3v) is 4.77. The highest BCUT2D eigenvalue weighted by molar-refractivity contribution is 5.77. The van der Waals surface area contributed by atoms with Gasteiger partial charge in [-0.1, -0.05) is 0 Å². The summed E-state index contributed by atoms with van der Waals surface area (Å²) in [6.45, 7) is 6.30. The molecular formula is C15H30N4O. The molecule has 0 unspecified atom stereocenters. The molecule has 0 aromatic heterocycles. The van der Waals surface area contributed by atoms with Gasteiger partial charge in [0.2, 0.25) is 5.91 Å². The molecule has 2 aliphatic heterocycles. The molecular weight excluding hydrogens is 252 g/mol. The lowest BCUT2D eigenvalue weighted by Crippen LogP contribution is -2.47. The maximum Gasteiger partial charge on any atom is 0.233 e. The predicted octanol–water partition coefficient (Wildman–Crippen LogP) is 0.128. The number of nitrogens with one attached hydrogen (secondary N) is 2. The minimum Gasteiger partial charge on any atom is -0.358 e. The van der Waals surface area contributed by atoms with E-state index in [4.69, 9.17) is 0 Å². The van der Waals surface area contributed by atoms with Gasteiger partial charge in [0, 0.05) is 26.2 Å². The van der Waals surface area contributed by atoms with Crippen LogP contribution in [0.3, 0.4) is 0 Å². The molecule has 5 heteroatoms. The van der Waals surface area contributed by atoms with Crippen LogP contribution in [0.2, 0.25) is 0 Å². The molecule has 0 spiro atoms. The van der Waals surface area contributed by atoms with E-state index in [1.54, 1.807) is 7.05 Å². The van der Waals surface area contributed by atoms with E-state index in [1.165, 1.54) is 45.3 Å². The van der Waals surface area contributed by atoms with Crippen molar-refractivity contribution in [1.29, 1.82) is 0 Å². The minimum atomic E-state index is 0.128. The fraction of sp³-hybridized carbons (Fsp3) is 0.933. The van der Waals surface area contributed by atoms with Crippen molar-refractivity contribution >= 4 is 5.91 Å². The van der Waals surface area contributed by atoms with Gasteiger partial charge in [-0.05, 0) is 58.3 Å². The standard InChI is InChI=1S/C15H30N4O/c1-16-15(20)12-19-9-5-14(6-10-19)17-11-13-3-7-18(2)8-4-13/h13-14,17H,3-12H2,1-2H3,(H,16,20). The van der Waals surface area contributed by atoms with E-state index in [0.717, 1.165) is 19.0 Å². The molecule has 2 heterocycles. The third kappa shape index (κ3) is 5.04. The van der Waals surface area contributed by atoms with Crippen LogP contribution >= 0.6 is 0 Å². The number of likely N-dealkylation sites (tertiary alicyclic amines) is 2. The fourth-order valence-corrected chi connectivity index (χ4v) is 3.18. The van der Waals surface area contributed by atoms with Gasteiger partial charge < -0.3 is 15.5 Å². The second-order valence-electron chi connectivity index (χ2n) is 6.38. The van der Waals surface area contributed by atoms with Crippen LogP contribution in [0.4, 0.5) is 0 Å². The van der Waals surface area contributed by atoms with Gasteiger partial charge in [-0.2, -0.15) is 0 Å². The molecule has 5 nitrogen and oxygen atoms in total. The van der Waals surface area contributed by atoms with E-state index in [0.29, 0.717) is 12.6 Å². The van der Waals surface area contributed by atoms with E-state index in [-0.39, 0.29) is 5.91 Å². The molecule has 2 rings (SSSR count). The van der Waals surface area contributed by atoms with Gasteiger partial charge in [-0.25, -0.2) is 0 Å². The summed E-state index contributed by atoms with van der Waals surface area (Å²) in [4.78, 5) is 16.0. The Balaban J connectivity index is 1.59. The highest BCUT2D eigenvalue weighted by Gasteiger charge is 2.22. The summed E-state index contributed by atoms with van der Waals surface area (Å²) in [6, 6.07) is 0.649. The first-order chi connectivity index (χ1) is 9.67. The quantitative estimate of drug-likeness (QED) is 0.752. The Hall–Kier alpha value is -0.650. The summed E-state index contributed by atoms with van der Waals surface area (Å²) >= 11 is 0. The summed E-state index contributed by atoms with van der Waals surface area (Å²) in [5, 5.41) is 6.44. The lowest BCUT2D eigenvalue weighted by molar-refractivity contribution is -0.122.